The van der Waals surface area contributed by atoms with Crippen LogP contribution < -0.4 is 20.4 Å². The van der Waals surface area contributed by atoms with Crippen molar-refractivity contribution in [1.29, 1.82) is 0 Å². The molecule has 0 aromatic heterocycles. The van der Waals surface area contributed by atoms with Gasteiger partial charge in [-0.3, -0.25) is 9.69 Å². The van der Waals surface area contributed by atoms with Crippen molar-refractivity contribution in [2.75, 3.05) is 49.1 Å². The van der Waals surface area contributed by atoms with Gasteiger partial charge in [0.1, 0.15) is 11.8 Å². The van der Waals surface area contributed by atoms with Crippen LogP contribution in [0.5, 0.6) is 0 Å². The minimum Gasteiger partial charge on any atom is -0.442 e. The summed E-state index contributed by atoms with van der Waals surface area (Å²) in [7, 11) is 0. The Bertz CT molecular complexity index is 725. The van der Waals surface area contributed by atoms with E-state index < -0.39 is 41.0 Å². The van der Waals surface area contributed by atoms with Gasteiger partial charge in [-0.1, -0.05) is 0 Å². The van der Waals surface area contributed by atoms with E-state index in [1.54, 1.807) is 0 Å². The standard InChI is InChI=1S/C16H19F3N4O3/c1-9(24)21-7-10-8-23(16(25)26-10)12-6-11(17)15(14(19)13(12)18)22-4-2-20-3-5-22/h6,10,20H,2-5,7-8H2,1H3,(H,21,24)/t10-/m0/s1. The van der Waals surface area contributed by atoms with Gasteiger partial charge in [0.25, 0.3) is 0 Å². The SMILES string of the molecule is CC(=O)NC[C@H]1CN(c2cc(F)c(N3CCNCC3)c(F)c2F)C(=O)O1. The second-order valence-electron chi connectivity index (χ2n) is 6.14. The lowest BCUT2D eigenvalue weighted by Gasteiger charge is -2.30. The van der Waals surface area contributed by atoms with Crippen molar-refractivity contribution in [1.82, 2.24) is 10.6 Å². The number of carbonyl (C=O) groups is 2. The molecule has 1 aromatic rings. The highest BCUT2D eigenvalue weighted by molar-refractivity contribution is 5.90. The number of ether oxygens (including phenoxy) is 1. The molecule has 3 rings (SSSR count). The number of amides is 2. The lowest BCUT2D eigenvalue weighted by molar-refractivity contribution is -0.119. The van der Waals surface area contributed by atoms with E-state index in [0.717, 1.165) is 11.0 Å². The average Bonchev–Trinajstić information content (AvgIpc) is 2.98. The fraction of sp³-hybridized carbons (Fsp3) is 0.500. The highest BCUT2D eigenvalue weighted by atomic mass is 19.2. The van der Waals surface area contributed by atoms with Crippen LogP contribution in [0, 0.1) is 17.5 Å². The van der Waals surface area contributed by atoms with Crippen molar-refractivity contribution in [3.8, 4) is 0 Å². The Morgan fingerprint density at radius 3 is 2.65 bits per heavy atom. The lowest BCUT2D eigenvalue weighted by Crippen LogP contribution is -2.44. The van der Waals surface area contributed by atoms with Crippen LogP contribution in [-0.4, -0.2) is 57.4 Å². The molecule has 2 saturated heterocycles. The predicted molar refractivity (Wildman–Crippen MR) is 87.7 cm³/mol. The molecule has 1 atom stereocenters. The van der Waals surface area contributed by atoms with Gasteiger partial charge in [-0.15, -0.1) is 0 Å². The summed E-state index contributed by atoms with van der Waals surface area (Å²) < 4.78 is 48.6. The molecular formula is C16H19F3N4O3. The van der Waals surface area contributed by atoms with Crippen LogP contribution in [0.4, 0.5) is 29.3 Å². The molecule has 10 heteroatoms. The molecule has 2 aliphatic heterocycles. The zero-order valence-corrected chi connectivity index (χ0v) is 14.2. The maximum Gasteiger partial charge on any atom is 0.414 e. The smallest absolute Gasteiger partial charge is 0.414 e. The lowest BCUT2D eigenvalue weighted by atomic mass is 10.2. The van der Waals surface area contributed by atoms with Gasteiger partial charge < -0.3 is 20.3 Å². The summed E-state index contributed by atoms with van der Waals surface area (Å²) in [5.74, 6) is -3.90. The summed E-state index contributed by atoms with van der Waals surface area (Å²) in [6, 6.07) is 0.803. The first-order valence-corrected chi connectivity index (χ1v) is 8.24. The molecule has 2 aliphatic rings. The number of cyclic esters (lactones) is 1. The zero-order chi connectivity index (χ0) is 18.8. The number of nitrogens with one attached hydrogen (secondary N) is 2. The molecule has 2 fully saturated rings. The molecule has 26 heavy (non-hydrogen) atoms. The van der Waals surface area contributed by atoms with Crippen LogP contribution >= 0.6 is 0 Å². The number of piperazine rings is 1. The summed E-state index contributed by atoms with van der Waals surface area (Å²) >= 11 is 0. The first-order valence-electron chi connectivity index (χ1n) is 8.24. The fourth-order valence-corrected chi connectivity index (χ4v) is 3.03. The van der Waals surface area contributed by atoms with Crippen molar-refractivity contribution in [3.63, 3.8) is 0 Å². The van der Waals surface area contributed by atoms with E-state index in [1.807, 2.05) is 0 Å². The monoisotopic (exact) mass is 372 g/mol. The largest absolute Gasteiger partial charge is 0.442 e. The van der Waals surface area contributed by atoms with E-state index in [0.29, 0.717) is 26.2 Å². The van der Waals surface area contributed by atoms with E-state index in [-0.39, 0.29) is 19.0 Å². The third kappa shape index (κ3) is 3.55. The van der Waals surface area contributed by atoms with E-state index in [9.17, 15) is 22.8 Å². The number of carbonyl (C=O) groups excluding carboxylic acids is 2. The van der Waals surface area contributed by atoms with Crippen LogP contribution in [0.25, 0.3) is 0 Å². The molecular weight excluding hydrogens is 353 g/mol. The highest BCUT2D eigenvalue weighted by Crippen LogP contribution is 2.34. The first kappa shape index (κ1) is 18.3. The Hall–Kier alpha value is -2.49. The molecule has 0 radical (unpaired) electrons. The van der Waals surface area contributed by atoms with Crippen LogP contribution in [0.2, 0.25) is 0 Å². The Morgan fingerprint density at radius 1 is 1.31 bits per heavy atom. The number of hydrogen-bond donors (Lipinski definition) is 2. The van der Waals surface area contributed by atoms with Gasteiger partial charge in [0, 0.05) is 39.2 Å². The summed E-state index contributed by atoms with van der Waals surface area (Å²) in [6.07, 6.45) is -1.65. The molecule has 0 bridgehead atoms. The highest BCUT2D eigenvalue weighted by Gasteiger charge is 2.36. The number of rotatable bonds is 4. The van der Waals surface area contributed by atoms with Gasteiger partial charge in [-0.2, -0.15) is 0 Å². The average molecular weight is 372 g/mol. The fourth-order valence-electron chi connectivity index (χ4n) is 3.03. The van der Waals surface area contributed by atoms with Crippen LogP contribution in [-0.2, 0) is 9.53 Å². The van der Waals surface area contributed by atoms with Gasteiger partial charge in [-0.25, -0.2) is 18.0 Å². The summed E-state index contributed by atoms with van der Waals surface area (Å²) in [5, 5.41) is 5.52. The van der Waals surface area contributed by atoms with Crippen molar-refractivity contribution in [2.24, 2.45) is 0 Å². The summed E-state index contributed by atoms with van der Waals surface area (Å²) in [6.45, 7) is 2.96. The molecule has 2 heterocycles. The normalized spacial score (nSPS) is 20.3. The van der Waals surface area contributed by atoms with Crippen molar-refractivity contribution < 1.29 is 27.5 Å². The predicted octanol–water partition coefficient (Wildman–Crippen LogP) is 0.975. The zero-order valence-electron chi connectivity index (χ0n) is 14.2. The number of hydrogen-bond acceptors (Lipinski definition) is 5. The van der Waals surface area contributed by atoms with Gasteiger partial charge in [0.05, 0.1) is 18.8 Å². The maximum absolute atomic E-state index is 14.6. The summed E-state index contributed by atoms with van der Waals surface area (Å²) in [4.78, 5) is 25.1. The number of halogens is 3. The van der Waals surface area contributed by atoms with Gasteiger partial charge >= 0.3 is 6.09 Å². The van der Waals surface area contributed by atoms with E-state index in [4.69, 9.17) is 4.74 Å². The molecule has 2 N–H and O–H groups in total. The maximum atomic E-state index is 14.6. The minimum atomic E-state index is -1.33. The van der Waals surface area contributed by atoms with Gasteiger partial charge in [-0.05, 0) is 0 Å². The van der Waals surface area contributed by atoms with Crippen molar-refractivity contribution in [2.45, 2.75) is 13.0 Å². The Labute approximate surface area is 148 Å². The second-order valence-corrected chi connectivity index (χ2v) is 6.14. The van der Waals surface area contributed by atoms with Crippen molar-refractivity contribution >= 4 is 23.4 Å². The molecule has 0 spiro atoms. The minimum absolute atomic E-state index is 0.0308. The Balaban J connectivity index is 1.84. The number of anilines is 2. The number of benzene rings is 1. The van der Waals surface area contributed by atoms with Gasteiger partial charge in [0.2, 0.25) is 5.91 Å². The van der Waals surface area contributed by atoms with E-state index in [2.05, 4.69) is 10.6 Å². The van der Waals surface area contributed by atoms with Crippen molar-refractivity contribution in [3.05, 3.63) is 23.5 Å². The van der Waals surface area contributed by atoms with E-state index in [1.165, 1.54) is 11.8 Å². The molecule has 7 nitrogen and oxygen atoms in total. The summed E-state index contributed by atoms with van der Waals surface area (Å²) in [5.41, 5.74) is -0.954. The second kappa shape index (κ2) is 7.40. The molecule has 0 unspecified atom stereocenters. The molecule has 1 aromatic carbocycles. The topological polar surface area (TPSA) is 73.9 Å². The molecule has 0 aliphatic carbocycles. The quantitative estimate of drug-likeness (QED) is 0.771. The molecule has 142 valence electrons. The van der Waals surface area contributed by atoms with E-state index >= 15 is 0 Å². The van der Waals surface area contributed by atoms with Crippen LogP contribution in [0.1, 0.15) is 6.92 Å². The Morgan fingerprint density at radius 2 is 2.00 bits per heavy atom. The van der Waals surface area contributed by atoms with Gasteiger partial charge in [0.15, 0.2) is 17.5 Å². The third-order valence-electron chi connectivity index (χ3n) is 4.29. The van der Waals surface area contributed by atoms with Crippen LogP contribution in [0.15, 0.2) is 6.07 Å². The third-order valence-corrected chi connectivity index (χ3v) is 4.29. The number of nitrogens with zero attached hydrogens (tertiary/aromatic N) is 2. The first-order chi connectivity index (χ1) is 12.4. The molecule has 0 saturated carbocycles. The molecule has 2 amide bonds. The Kier molecular flexibility index (Phi) is 5.21. The van der Waals surface area contributed by atoms with Crippen LogP contribution in [0.3, 0.4) is 0 Å².